The first-order valence-electron chi connectivity index (χ1n) is 6.21. The summed E-state index contributed by atoms with van der Waals surface area (Å²) in [5.74, 6) is 1.02. The lowest BCUT2D eigenvalue weighted by Crippen LogP contribution is -1.96. The van der Waals surface area contributed by atoms with E-state index in [-0.39, 0.29) is 5.28 Å². The molecule has 0 fully saturated rings. The molecule has 5 heteroatoms. The first-order valence-corrected chi connectivity index (χ1v) is 6.59. The molecule has 1 heterocycles. The van der Waals surface area contributed by atoms with Crippen molar-refractivity contribution in [1.82, 2.24) is 15.0 Å². The van der Waals surface area contributed by atoms with Crippen molar-refractivity contribution in [2.24, 2.45) is 0 Å². The van der Waals surface area contributed by atoms with Crippen LogP contribution in [0.5, 0.6) is 0 Å². The average molecular weight is 293 g/mol. The maximum atomic E-state index is 6.96. The van der Waals surface area contributed by atoms with Gasteiger partial charge in [-0.3, -0.25) is 0 Å². The molecule has 21 heavy (non-hydrogen) atoms. The molecule has 0 saturated carbocycles. The highest BCUT2D eigenvalue weighted by molar-refractivity contribution is 6.28. The molecule has 0 radical (unpaired) electrons. The second-order valence-electron chi connectivity index (χ2n) is 4.28. The molecule has 0 amide bonds. The van der Waals surface area contributed by atoms with Gasteiger partial charge in [0.1, 0.15) is 0 Å². The van der Waals surface area contributed by atoms with E-state index in [1.54, 1.807) is 24.3 Å². The van der Waals surface area contributed by atoms with Gasteiger partial charge in [0.15, 0.2) is 17.3 Å². The predicted molar refractivity (Wildman–Crippen MR) is 82.0 cm³/mol. The van der Waals surface area contributed by atoms with Crippen LogP contribution < -0.4 is 0 Å². The number of nitrogens with zero attached hydrogens (tertiary/aromatic N) is 4. The Kier molecular flexibility index (Phi) is 3.59. The van der Waals surface area contributed by atoms with Gasteiger partial charge in [0.2, 0.25) is 5.28 Å². The Morgan fingerprint density at radius 1 is 0.762 bits per heavy atom. The summed E-state index contributed by atoms with van der Waals surface area (Å²) in [6.07, 6.45) is 0. The summed E-state index contributed by atoms with van der Waals surface area (Å²) < 4.78 is 0. The largest absolute Gasteiger partial charge is 0.238 e. The number of halogens is 1. The van der Waals surface area contributed by atoms with Crippen LogP contribution in [-0.2, 0) is 0 Å². The molecule has 100 valence electrons. The fourth-order valence-corrected chi connectivity index (χ4v) is 2.04. The van der Waals surface area contributed by atoms with Gasteiger partial charge in [0.05, 0.1) is 6.57 Å². The van der Waals surface area contributed by atoms with Gasteiger partial charge in [-0.15, -0.1) is 0 Å². The van der Waals surface area contributed by atoms with Gasteiger partial charge in [0, 0.05) is 11.1 Å². The summed E-state index contributed by atoms with van der Waals surface area (Å²) in [7, 11) is 0. The molecular weight excluding hydrogens is 284 g/mol. The molecule has 3 aromatic rings. The number of hydrogen-bond acceptors (Lipinski definition) is 3. The molecule has 0 N–H and O–H groups in total. The van der Waals surface area contributed by atoms with E-state index >= 15 is 0 Å². The van der Waals surface area contributed by atoms with Crippen molar-refractivity contribution in [2.75, 3.05) is 0 Å². The number of hydrogen-bond donors (Lipinski definition) is 0. The lowest BCUT2D eigenvalue weighted by Gasteiger charge is -2.04. The number of rotatable bonds is 2. The van der Waals surface area contributed by atoms with Crippen molar-refractivity contribution in [1.29, 1.82) is 0 Å². The summed E-state index contributed by atoms with van der Waals surface area (Å²) >= 11 is 6.00. The fraction of sp³-hybridized carbons (Fsp3) is 0. The van der Waals surface area contributed by atoms with E-state index in [4.69, 9.17) is 18.2 Å². The van der Waals surface area contributed by atoms with Crippen LogP contribution in [0.4, 0.5) is 5.69 Å². The normalized spacial score (nSPS) is 10.1. The lowest BCUT2D eigenvalue weighted by molar-refractivity contribution is 1.07. The molecule has 0 saturated heterocycles. The maximum Gasteiger partial charge on any atom is 0.226 e. The third-order valence-electron chi connectivity index (χ3n) is 2.89. The van der Waals surface area contributed by atoms with E-state index in [1.807, 2.05) is 30.3 Å². The third-order valence-corrected chi connectivity index (χ3v) is 3.06. The molecule has 0 spiro atoms. The van der Waals surface area contributed by atoms with Crippen LogP contribution in [0.15, 0.2) is 54.6 Å². The van der Waals surface area contributed by atoms with Crippen molar-refractivity contribution in [2.45, 2.75) is 0 Å². The van der Waals surface area contributed by atoms with Gasteiger partial charge in [-0.1, -0.05) is 54.6 Å². The summed E-state index contributed by atoms with van der Waals surface area (Å²) in [6, 6.07) is 16.6. The lowest BCUT2D eigenvalue weighted by atomic mass is 10.2. The van der Waals surface area contributed by atoms with Crippen molar-refractivity contribution in [3.63, 3.8) is 0 Å². The Labute approximate surface area is 126 Å². The van der Waals surface area contributed by atoms with Crippen LogP contribution in [0.1, 0.15) is 0 Å². The maximum absolute atomic E-state index is 6.96. The topological polar surface area (TPSA) is 43.0 Å². The fourth-order valence-electron chi connectivity index (χ4n) is 1.88. The summed E-state index contributed by atoms with van der Waals surface area (Å²) in [6.45, 7) is 6.96. The molecule has 2 aromatic carbocycles. The average Bonchev–Trinajstić information content (AvgIpc) is 2.55. The van der Waals surface area contributed by atoms with Crippen LogP contribution in [0.2, 0.25) is 5.28 Å². The van der Waals surface area contributed by atoms with E-state index in [0.29, 0.717) is 17.3 Å². The molecule has 0 aliphatic carbocycles. The second kappa shape index (κ2) is 5.70. The van der Waals surface area contributed by atoms with E-state index < -0.39 is 0 Å². The number of benzene rings is 2. The van der Waals surface area contributed by atoms with Crippen LogP contribution in [-0.4, -0.2) is 15.0 Å². The Morgan fingerprint density at radius 2 is 1.33 bits per heavy atom. The van der Waals surface area contributed by atoms with E-state index in [2.05, 4.69) is 19.8 Å². The van der Waals surface area contributed by atoms with Crippen LogP contribution >= 0.6 is 11.6 Å². The Bertz CT molecular complexity index is 808. The molecule has 4 nitrogen and oxygen atoms in total. The molecule has 0 bridgehead atoms. The Balaban J connectivity index is 2.07. The van der Waals surface area contributed by atoms with E-state index in [0.717, 1.165) is 11.1 Å². The smallest absolute Gasteiger partial charge is 0.226 e. The monoisotopic (exact) mass is 292 g/mol. The second-order valence-corrected chi connectivity index (χ2v) is 4.61. The predicted octanol–water partition coefficient (Wildman–Crippen LogP) is 4.41. The first-order chi connectivity index (χ1) is 10.3. The van der Waals surface area contributed by atoms with Gasteiger partial charge >= 0.3 is 0 Å². The van der Waals surface area contributed by atoms with Crippen molar-refractivity contribution >= 4 is 17.3 Å². The Morgan fingerprint density at radius 3 is 1.90 bits per heavy atom. The standard InChI is InChI=1S/C16H9ClN4/c1-18-13-9-7-12(8-10-13)15-19-14(20-16(17)21-15)11-5-3-2-4-6-11/h2-10H. The molecule has 1 aromatic heterocycles. The minimum atomic E-state index is 0.146. The van der Waals surface area contributed by atoms with Crippen molar-refractivity contribution in [3.05, 3.63) is 71.3 Å². The van der Waals surface area contributed by atoms with Crippen LogP contribution in [0, 0.1) is 6.57 Å². The molecule has 0 aliphatic rings. The van der Waals surface area contributed by atoms with Gasteiger partial charge in [0.25, 0.3) is 0 Å². The van der Waals surface area contributed by atoms with Crippen molar-refractivity contribution in [3.8, 4) is 22.8 Å². The van der Waals surface area contributed by atoms with Gasteiger partial charge in [-0.25, -0.2) is 9.83 Å². The zero-order chi connectivity index (χ0) is 14.7. The molecular formula is C16H9ClN4. The third kappa shape index (κ3) is 2.88. The molecule has 0 atom stereocenters. The minimum Gasteiger partial charge on any atom is -0.238 e. The molecule has 3 rings (SSSR count). The Hall–Kier alpha value is -2.77. The summed E-state index contributed by atoms with van der Waals surface area (Å²) in [5.41, 5.74) is 2.24. The van der Waals surface area contributed by atoms with E-state index in [9.17, 15) is 0 Å². The zero-order valence-electron chi connectivity index (χ0n) is 10.9. The number of aromatic nitrogens is 3. The quantitative estimate of drug-likeness (QED) is 0.657. The first kappa shape index (κ1) is 13.2. The highest BCUT2D eigenvalue weighted by Crippen LogP contribution is 2.23. The zero-order valence-corrected chi connectivity index (χ0v) is 11.6. The van der Waals surface area contributed by atoms with Gasteiger partial charge < -0.3 is 0 Å². The highest BCUT2D eigenvalue weighted by Gasteiger charge is 2.09. The van der Waals surface area contributed by atoms with Crippen LogP contribution in [0.25, 0.3) is 27.6 Å². The van der Waals surface area contributed by atoms with Gasteiger partial charge in [-0.05, 0) is 11.6 Å². The molecule has 0 aliphatic heterocycles. The minimum absolute atomic E-state index is 0.146. The van der Waals surface area contributed by atoms with Crippen LogP contribution in [0.3, 0.4) is 0 Å². The SMILES string of the molecule is [C-]#[N+]c1ccc(-c2nc(Cl)nc(-c3ccccc3)n2)cc1. The summed E-state index contributed by atoms with van der Waals surface area (Å²) in [4.78, 5) is 16.1. The highest BCUT2D eigenvalue weighted by atomic mass is 35.5. The molecule has 0 unspecified atom stereocenters. The summed E-state index contributed by atoms with van der Waals surface area (Å²) in [5, 5.41) is 0.146. The van der Waals surface area contributed by atoms with E-state index in [1.165, 1.54) is 0 Å². The van der Waals surface area contributed by atoms with Gasteiger partial charge in [-0.2, -0.15) is 9.97 Å². The van der Waals surface area contributed by atoms with Crippen molar-refractivity contribution < 1.29 is 0 Å².